The summed E-state index contributed by atoms with van der Waals surface area (Å²) in [6.07, 6.45) is 7.25. The van der Waals surface area contributed by atoms with Crippen LogP contribution in [0.5, 0.6) is 0 Å². The lowest BCUT2D eigenvalue weighted by molar-refractivity contribution is -0.00796. The van der Waals surface area contributed by atoms with Crippen LogP contribution in [0.25, 0.3) is 0 Å². The zero-order valence-corrected chi connectivity index (χ0v) is 29.1. The second-order valence-electron chi connectivity index (χ2n) is 12.9. The van der Waals surface area contributed by atoms with Crippen LogP contribution < -0.4 is 0 Å². The molecule has 0 spiro atoms. The Hall–Kier alpha value is -3.36. The Morgan fingerprint density at radius 1 is 0.889 bits per heavy atom. The van der Waals surface area contributed by atoms with Gasteiger partial charge in [-0.3, -0.25) is 4.90 Å². The summed E-state index contributed by atoms with van der Waals surface area (Å²) in [6, 6.07) is 18.6. The van der Waals surface area contributed by atoms with Crippen molar-refractivity contribution in [3.63, 3.8) is 0 Å². The van der Waals surface area contributed by atoms with E-state index < -0.39 is 32.1 Å². The molecule has 1 aliphatic heterocycles. The van der Waals surface area contributed by atoms with Crippen LogP contribution in [0.15, 0.2) is 85.5 Å². The minimum atomic E-state index is -2.03. The van der Waals surface area contributed by atoms with Crippen LogP contribution in [-0.4, -0.2) is 50.3 Å². The molecule has 1 aliphatic rings. The standard InChI is InChI=1S/C37H53NO6Si/c1-8-22-37(24-16-25-44-45(29(2)3,30(4)5)31(6)7)23-15-21-34(28-43-36(40)42-27-33-19-13-10-14-20-33)38(37)35(39)41-26-32-17-11-9-12-18-32/h8-15,17-20,23,29-31,34H,1,16,21-22,24-28H2,2-7H3/t34-,37+/m1/s1. The van der Waals surface area contributed by atoms with E-state index in [0.717, 1.165) is 17.5 Å². The Morgan fingerprint density at radius 2 is 1.44 bits per heavy atom. The van der Waals surface area contributed by atoms with Crippen LogP contribution in [-0.2, 0) is 31.9 Å². The number of amides is 1. The summed E-state index contributed by atoms with van der Waals surface area (Å²) in [4.78, 5) is 28.3. The highest BCUT2D eigenvalue weighted by Gasteiger charge is 2.46. The Morgan fingerprint density at radius 3 is 1.98 bits per heavy atom. The number of benzene rings is 2. The smallest absolute Gasteiger partial charge is 0.445 e. The maximum absolute atomic E-state index is 13.9. The summed E-state index contributed by atoms with van der Waals surface area (Å²) >= 11 is 0. The number of hydrogen-bond donors (Lipinski definition) is 0. The molecular formula is C37H53NO6Si. The molecule has 8 heteroatoms. The van der Waals surface area contributed by atoms with Gasteiger partial charge in [0.25, 0.3) is 0 Å². The first-order valence-corrected chi connectivity index (χ1v) is 18.5. The third kappa shape index (κ3) is 9.57. The van der Waals surface area contributed by atoms with E-state index in [-0.39, 0.29) is 19.8 Å². The molecule has 2 aromatic rings. The molecule has 1 amide bonds. The highest BCUT2D eigenvalue weighted by molar-refractivity contribution is 6.77. The Kier molecular flexibility index (Phi) is 13.9. The monoisotopic (exact) mass is 635 g/mol. The van der Waals surface area contributed by atoms with Crippen molar-refractivity contribution in [3.8, 4) is 0 Å². The zero-order valence-electron chi connectivity index (χ0n) is 28.1. The quantitative estimate of drug-likeness (QED) is 0.0791. The lowest BCUT2D eigenvalue weighted by atomic mass is 9.82. The first-order valence-electron chi connectivity index (χ1n) is 16.3. The fourth-order valence-electron chi connectivity index (χ4n) is 7.03. The van der Waals surface area contributed by atoms with Gasteiger partial charge in [0.1, 0.15) is 19.8 Å². The number of nitrogens with zero attached hydrogens (tertiary/aromatic N) is 1. The molecule has 0 fully saturated rings. The topological polar surface area (TPSA) is 74.3 Å². The summed E-state index contributed by atoms with van der Waals surface area (Å²) in [7, 11) is -2.03. The van der Waals surface area contributed by atoms with E-state index in [1.807, 2.05) is 66.7 Å². The molecule has 3 rings (SSSR count). The van der Waals surface area contributed by atoms with E-state index in [4.69, 9.17) is 18.6 Å². The van der Waals surface area contributed by atoms with E-state index in [1.54, 1.807) is 4.90 Å². The van der Waals surface area contributed by atoms with Crippen LogP contribution in [0.3, 0.4) is 0 Å². The number of carbonyl (C=O) groups is 2. The Balaban J connectivity index is 1.78. The van der Waals surface area contributed by atoms with Gasteiger partial charge in [-0.15, -0.1) is 6.58 Å². The van der Waals surface area contributed by atoms with Gasteiger partial charge in [0, 0.05) is 6.61 Å². The second kappa shape index (κ2) is 17.4. The molecule has 0 aromatic heterocycles. The van der Waals surface area contributed by atoms with Crippen LogP contribution >= 0.6 is 0 Å². The highest BCUT2D eigenvalue weighted by Crippen LogP contribution is 2.43. The van der Waals surface area contributed by atoms with Gasteiger partial charge in [-0.2, -0.15) is 0 Å². The molecular weight excluding hydrogens is 582 g/mol. The molecule has 7 nitrogen and oxygen atoms in total. The summed E-state index contributed by atoms with van der Waals surface area (Å²) < 4.78 is 23.7. The molecule has 0 unspecified atom stereocenters. The van der Waals surface area contributed by atoms with Crippen LogP contribution in [0.1, 0.15) is 78.4 Å². The third-order valence-corrected chi connectivity index (χ3v) is 15.1. The number of carbonyl (C=O) groups excluding carboxylic acids is 2. The van der Waals surface area contributed by atoms with Gasteiger partial charge >= 0.3 is 12.2 Å². The molecule has 1 heterocycles. The average Bonchev–Trinajstić information content (AvgIpc) is 3.02. The summed E-state index contributed by atoms with van der Waals surface area (Å²) in [5.41, 5.74) is 2.53. The summed E-state index contributed by atoms with van der Waals surface area (Å²) in [5, 5.41) is 0. The van der Waals surface area contributed by atoms with Gasteiger partial charge < -0.3 is 18.6 Å². The Bertz CT molecular complexity index is 1210. The van der Waals surface area contributed by atoms with Gasteiger partial charge in [-0.1, -0.05) is 120 Å². The van der Waals surface area contributed by atoms with E-state index in [9.17, 15) is 9.59 Å². The van der Waals surface area contributed by atoms with Crippen LogP contribution in [0.4, 0.5) is 9.59 Å². The maximum atomic E-state index is 13.9. The predicted octanol–water partition coefficient (Wildman–Crippen LogP) is 9.59. The fraction of sp³-hybridized carbons (Fsp3) is 0.514. The molecule has 0 saturated carbocycles. The minimum Gasteiger partial charge on any atom is -0.445 e. The molecule has 2 aromatic carbocycles. The predicted molar refractivity (Wildman–Crippen MR) is 182 cm³/mol. The van der Waals surface area contributed by atoms with Gasteiger partial charge in [0.05, 0.1) is 11.6 Å². The van der Waals surface area contributed by atoms with Gasteiger partial charge in [-0.05, 0) is 53.4 Å². The number of rotatable bonds is 16. The fourth-order valence-corrected chi connectivity index (χ4v) is 12.5. The molecule has 2 atom stereocenters. The third-order valence-electron chi connectivity index (χ3n) is 8.99. The second-order valence-corrected chi connectivity index (χ2v) is 18.4. The van der Waals surface area contributed by atoms with Crippen molar-refractivity contribution in [2.75, 3.05) is 13.2 Å². The lowest BCUT2D eigenvalue weighted by Crippen LogP contribution is -2.58. The largest absolute Gasteiger partial charge is 0.508 e. The van der Waals surface area contributed by atoms with Crippen molar-refractivity contribution >= 4 is 20.6 Å². The molecule has 246 valence electrons. The molecule has 0 aliphatic carbocycles. The molecule has 0 radical (unpaired) electrons. The molecule has 0 N–H and O–H groups in total. The number of ether oxygens (including phenoxy) is 3. The lowest BCUT2D eigenvalue weighted by Gasteiger charge is -2.48. The first kappa shape index (κ1) is 36.1. The van der Waals surface area contributed by atoms with Crippen molar-refractivity contribution in [1.29, 1.82) is 0 Å². The van der Waals surface area contributed by atoms with Crippen molar-refractivity contribution in [2.45, 2.75) is 109 Å². The molecule has 0 saturated heterocycles. The van der Waals surface area contributed by atoms with E-state index >= 15 is 0 Å². The van der Waals surface area contributed by atoms with Crippen molar-refractivity contribution < 1.29 is 28.2 Å². The van der Waals surface area contributed by atoms with E-state index in [2.05, 4.69) is 60.3 Å². The maximum Gasteiger partial charge on any atom is 0.508 e. The first-order chi connectivity index (χ1) is 21.6. The average molecular weight is 636 g/mol. The van der Waals surface area contributed by atoms with Crippen molar-refractivity contribution in [1.82, 2.24) is 4.90 Å². The summed E-state index contributed by atoms with van der Waals surface area (Å²) in [6.45, 7) is 18.6. The van der Waals surface area contributed by atoms with Crippen LogP contribution in [0.2, 0.25) is 16.6 Å². The minimum absolute atomic E-state index is 0.0160. The zero-order chi connectivity index (χ0) is 32.9. The summed E-state index contributed by atoms with van der Waals surface area (Å²) in [5.74, 6) is 0. The SMILES string of the molecule is C=CC[C@@]1(CCCO[Si](C(C)C)(C(C)C)C(C)C)C=CC[C@H](COC(=O)OCc2ccccc2)N1C(=O)OCc1ccccc1. The van der Waals surface area contributed by atoms with Gasteiger partial charge in [0.2, 0.25) is 0 Å². The highest BCUT2D eigenvalue weighted by atomic mass is 28.4. The number of hydrogen-bond acceptors (Lipinski definition) is 6. The Labute approximate surface area is 271 Å². The van der Waals surface area contributed by atoms with Gasteiger partial charge in [-0.25, -0.2) is 9.59 Å². The normalized spacial score (nSPS) is 18.3. The van der Waals surface area contributed by atoms with Crippen molar-refractivity contribution in [3.05, 3.63) is 96.6 Å². The van der Waals surface area contributed by atoms with Crippen molar-refractivity contribution in [2.24, 2.45) is 0 Å². The molecule has 0 bridgehead atoms. The van der Waals surface area contributed by atoms with Gasteiger partial charge in [0.15, 0.2) is 8.32 Å². The van der Waals surface area contributed by atoms with E-state index in [1.165, 1.54) is 0 Å². The van der Waals surface area contributed by atoms with Crippen LogP contribution in [0, 0.1) is 0 Å². The van der Waals surface area contributed by atoms with E-state index in [0.29, 0.717) is 42.5 Å². The molecule has 45 heavy (non-hydrogen) atoms.